The summed E-state index contributed by atoms with van der Waals surface area (Å²) in [6.07, 6.45) is 1.24. The summed E-state index contributed by atoms with van der Waals surface area (Å²) >= 11 is 8.51. The first-order valence-corrected chi connectivity index (χ1v) is 9.13. The van der Waals surface area contributed by atoms with Crippen LogP contribution in [0.2, 0.25) is 0 Å². The van der Waals surface area contributed by atoms with E-state index in [-0.39, 0.29) is 0 Å². The molecule has 1 aliphatic rings. The summed E-state index contributed by atoms with van der Waals surface area (Å²) < 4.78 is 25.5. The van der Waals surface area contributed by atoms with Crippen molar-refractivity contribution >= 4 is 48.8 Å². The molecule has 1 saturated heterocycles. The van der Waals surface area contributed by atoms with E-state index in [2.05, 4.69) is 20.8 Å². The van der Waals surface area contributed by atoms with Crippen molar-refractivity contribution < 1.29 is 8.42 Å². The number of hydrogen-bond acceptors (Lipinski definition) is 4. The third-order valence-electron chi connectivity index (χ3n) is 3.27. The highest BCUT2D eigenvalue weighted by atomic mass is 79.9. The number of rotatable bonds is 3. The SMILES string of the molecule is CS(=O)(=O)N1CCN(c2cc(Br)ccc2C(N)=S)CC1. The molecule has 0 spiro atoms. The first-order chi connectivity index (χ1) is 9.29. The van der Waals surface area contributed by atoms with Crippen LogP contribution in [0.15, 0.2) is 22.7 Å². The van der Waals surface area contributed by atoms with Crippen LogP contribution in [0, 0.1) is 0 Å². The van der Waals surface area contributed by atoms with E-state index < -0.39 is 10.0 Å². The smallest absolute Gasteiger partial charge is 0.211 e. The van der Waals surface area contributed by atoms with Crippen molar-refractivity contribution in [2.75, 3.05) is 37.3 Å². The maximum Gasteiger partial charge on any atom is 0.211 e. The molecule has 0 unspecified atom stereocenters. The van der Waals surface area contributed by atoms with Gasteiger partial charge in [0, 0.05) is 41.9 Å². The van der Waals surface area contributed by atoms with E-state index in [9.17, 15) is 8.42 Å². The second-order valence-corrected chi connectivity index (χ2v) is 8.01. The molecule has 0 bridgehead atoms. The highest BCUT2D eigenvalue weighted by Crippen LogP contribution is 2.26. The van der Waals surface area contributed by atoms with E-state index >= 15 is 0 Å². The van der Waals surface area contributed by atoms with Crippen molar-refractivity contribution in [1.82, 2.24) is 4.31 Å². The zero-order valence-corrected chi connectivity index (χ0v) is 14.3. The predicted octanol–water partition coefficient (Wildman–Crippen LogP) is 1.16. The molecule has 1 fully saturated rings. The van der Waals surface area contributed by atoms with Crippen molar-refractivity contribution in [1.29, 1.82) is 0 Å². The van der Waals surface area contributed by atoms with Crippen LogP contribution >= 0.6 is 28.1 Å². The summed E-state index contributed by atoms with van der Waals surface area (Å²) in [5, 5.41) is 0. The van der Waals surface area contributed by atoms with Crippen LogP contribution in [0.1, 0.15) is 5.56 Å². The maximum absolute atomic E-state index is 11.5. The van der Waals surface area contributed by atoms with E-state index in [1.807, 2.05) is 18.2 Å². The third kappa shape index (κ3) is 3.49. The van der Waals surface area contributed by atoms with Gasteiger partial charge in [-0.05, 0) is 18.2 Å². The summed E-state index contributed by atoms with van der Waals surface area (Å²) in [5.74, 6) is 0. The highest BCUT2D eigenvalue weighted by molar-refractivity contribution is 9.10. The molecule has 0 aliphatic carbocycles. The molecule has 0 atom stereocenters. The monoisotopic (exact) mass is 377 g/mol. The Bertz CT molecular complexity index is 626. The molecule has 2 rings (SSSR count). The van der Waals surface area contributed by atoms with Crippen LogP contribution in [0.3, 0.4) is 0 Å². The number of anilines is 1. The van der Waals surface area contributed by atoms with Gasteiger partial charge in [-0.25, -0.2) is 8.42 Å². The Morgan fingerprint density at radius 2 is 1.90 bits per heavy atom. The zero-order chi connectivity index (χ0) is 14.9. The number of benzene rings is 1. The normalized spacial score (nSPS) is 17.2. The summed E-state index contributed by atoms with van der Waals surface area (Å²) in [6, 6.07) is 5.74. The second kappa shape index (κ2) is 5.97. The molecule has 0 radical (unpaired) electrons. The number of sulfonamides is 1. The second-order valence-electron chi connectivity index (χ2n) is 4.67. The van der Waals surface area contributed by atoms with Crippen molar-refractivity contribution in [2.24, 2.45) is 5.73 Å². The molecule has 2 N–H and O–H groups in total. The van der Waals surface area contributed by atoms with Gasteiger partial charge in [0.15, 0.2) is 0 Å². The Morgan fingerprint density at radius 1 is 1.30 bits per heavy atom. The molecule has 1 aromatic carbocycles. The lowest BCUT2D eigenvalue weighted by atomic mass is 10.1. The summed E-state index contributed by atoms with van der Waals surface area (Å²) in [7, 11) is -3.12. The van der Waals surface area contributed by atoms with Gasteiger partial charge in [0.25, 0.3) is 0 Å². The third-order valence-corrected chi connectivity index (χ3v) is 5.29. The minimum Gasteiger partial charge on any atom is -0.389 e. The summed E-state index contributed by atoms with van der Waals surface area (Å²) in [5.41, 5.74) is 7.51. The molecule has 0 amide bonds. The standard InChI is InChI=1S/C12H16BrN3O2S2/c1-20(17,18)16-6-4-15(5-7-16)11-8-9(13)2-3-10(11)12(14)19/h2-3,8H,4-7H2,1H3,(H2,14,19). The number of halogens is 1. The number of hydrogen-bond donors (Lipinski definition) is 1. The first kappa shape index (κ1) is 15.7. The predicted molar refractivity (Wildman–Crippen MR) is 88.7 cm³/mol. The first-order valence-electron chi connectivity index (χ1n) is 6.08. The van der Waals surface area contributed by atoms with Crippen LogP contribution < -0.4 is 10.6 Å². The molecule has 20 heavy (non-hydrogen) atoms. The van der Waals surface area contributed by atoms with Gasteiger partial charge in [-0.15, -0.1) is 0 Å². The van der Waals surface area contributed by atoms with Crippen molar-refractivity contribution in [2.45, 2.75) is 0 Å². The Balaban J connectivity index is 2.22. The Labute approximate surface area is 132 Å². The molecule has 1 heterocycles. The largest absolute Gasteiger partial charge is 0.389 e. The lowest BCUT2D eigenvalue weighted by Crippen LogP contribution is -2.48. The molecule has 8 heteroatoms. The molecule has 0 aromatic heterocycles. The van der Waals surface area contributed by atoms with Crippen molar-refractivity contribution in [3.8, 4) is 0 Å². The van der Waals surface area contributed by atoms with Gasteiger partial charge in [0.1, 0.15) is 4.99 Å². The van der Waals surface area contributed by atoms with Crippen LogP contribution in [-0.2, 0) is 10.0 Å². The van der Waals surface area contributed by atoms with Crippen molar-refractivity contribution in [3.63, 3.8) is 0 Å². The molecular formula is C12H16BrN3O2S2. The molecule has 1 aliphatic heterocycles. The van der Waals surface area contributed by atoms with Crippen LogP contribution in [0.4, 0.5) is 5.69 Å². The molecule has 5 nitrogen and oxygen atoms in total. The van der Waals surface area contributed by atoms with Crippen LogP contribution in [-0.4, -0.2) is 50.1 Å². The Morgan fingerprint density at radius 3 is 2.40 bits per heavy atom. The maximum atomic E-state index is 11.5. The topological polar surface area (TPSA) is 66.6 Å². The van der Waals surface area contributed by atoms with Gasteiger partial charge in [0.2, 0.25) is 10.0 Å². The fourth-order valence-corrected chi connectivity index (χ4v) is 3.58. The quantitative estimate of drug-likeness (QED) is 0.800. The molecule has 0 saturated carbocycles. The van der Waals surface area contributed by atoms with E-state index in [0.29, 0.717) is 31.2 Å². The number of piperazine rings is 1. The minimum absolute atomic E-state index is 0.345. The number of nitrogens with two attached hydrogens (primary N) is 1. The molecular weight excluding hydrogens is 362 g/mol. The summed E-state index contributed by atoms with van der Waals surface area (Å²) in [6.45, 7) is 2.20. The highest BCUT2D eigenvalue weighted by Gasteiger charge is 2.25. The fraction of sp³-hybridized carbons (Fsp3) is 0.417. The van der Waals surface area contributed by atoms with Gasteiger partial charge in [-0.3, -0.25) is 0 Å². The van der Waals surface area contributed by atoms with Crippen LogP contribution in [0.5, 0.6) is 0 Å². The van der Waals surface area contributed by atoms with Gasteiger partial charge >= 0.3 is 0 Å². The van der Waals surface area contributed by atoms with Gasteiger partial charge in [-0.1, -0.05) is 28.1 Å². The number of thiocarbonyl (C=S) groups is 1. The van der Waals surface area contributed by atoms with Gasteiger partial charge < -0.3 is 10.6 Å². The number of nitrogens with zero attached hydrogens (tertiary/aromatic N) is 2. The van der Waals surface area contributed by atoms with E-state index in [0.717, 1.165) is 15.7 Å². The van der Waals surface area contributed by atoms with Gasteiger partial charge in [0.05, 0.1) is 6.26 Å². The van der Waals surface area contributed by atoms with Crippen LogP contribution in [0.25, 0.3) is 0 Å². The van der Waals surface area contributed by atoms with Gasteiger partial charge in [-0.2, -0.15) is 4.31 Å². The molecule has 110 valence electrons. The molecule has 1 aromatic rings. The average Bonchev–Trinajstić information content (AvgIpc) is 2.37. The average molecular weight is 378 g/mol. The lowest BCUT2D eigenvalue weighted by Gasteiger charge is -2.35. The zero-order valence-electron chi connectivity index (χ0n) is 11.0. The summed E-state index contributed by atoms with van der Waals surface area (Å²) in [4.78, 5) is 2.46. The lowest BCUT2D eigenvalue weighted by molar-refractivity contribution is 0.388. The Hall–Kier alpha value is -0.700. The minimum atomic E-state index is -3.12. The van der Waals surface area contributed by atoms with E-state index in [1.165, 1.54) is 10.6 Å². The Kier molecular flexibility index (Phi) is 4.68. The fourth-order valence-electron chi connectivity index (χ4n) is 2.24. The van der Waals surface area contributed by atoms with E-state index in [1.54, 1.807) is 0 Å². The van der Waals surface area contributed by atoms with E-state index in [4.69, 9.17) is 18.0 Å². The van der Waals surface area contributed by atoms with Crippen molar-refractivity contribution in [3.05, 3.63) is 28.2 Å².